The minimum absolute atomic E-state index is 0.513. The van der Waals surface area contributed by atoms with Crippen molar-refractivity contribution in [2.24, 2.45) is 0 Å². The summed E-state index contributed by atoms with van der Waals surface area (Å²) in [6.45, 7) is 1.34. The Morgan fingerprint density at radius 3 is 3.00 bits per heavy atom. The molecule has 2 rings (SSSR count). The van der Waals surface area contributed by atoms with E-state index in [4.69, 9.17) is 9.47 Å². The third-order valence-electron chi connectivity index (χ3n) is 2.28. The van der Waals surface area contributed by atoms with Crippen LogP contribution in [0.15, 0.2) is 24.8 Å². The number of hydrogen-bond acceptors (Lipinski definition) is 6. The van der Waals surface area contributed by atoms with E-state index in [-0.39, 0.29) is 0 Å². The van der Waals surface area contributed by atoms with Gasteiger partial charge in [0.05, 0.1) is 32.1 Å². The molecule has 0 aliphatic carbocycles. The first-order chi connectivity index (χ1) is 8.81. The van der Waals surface area contributed by atoms with Crippen molar-refractivity contribution in [1.82, 2.24) is 19.7 Å². The molecule has 0 radical (unpaired) electrons. The van der Waals surface area contributed by atoms with E-state index in [1.165, 1.54) is 6.33 Å². The van der Waals surface area contributed by atoms with Crippen LogP contribution in [0.2, 0.25) is 0 Å². The highest BCUT2D eigenvalue weighted by atomic mass is 16.5. The SMILES string of the molecule is COCCn1cc(Nc2cc(OC)ncn2)cn1. The van der Waals surface area contributed by atoms with Gasteiger partial charge in [-0.1, -0.05) is 0 Å². The molecule has 96 valence electrons. The van der Waals surface area contributed by atoms with Crippen molar-refractivity contribution in [3.63, 3.8) is 0 Å². The lowest BCUT2D eigenvalue weighted by Crippen LogP contribution is -2.04. The van der Waals surface area contributed by atoms with Crippen LogP contribution < -0.4 is 10.1 Å². The molecule has 7 heteroatoms. The predicted molar refractivity (Wildman–Crippen MR) is 66.0 cm³/mol. The van der Waals surface area contributed by atoms with Crippen molar-refractivity contribution in [2.45, 2.75) is 6.54 Å². The van der Waals surface area contributed by atoms with Crippen molar-refractivity contribution in [3.05, 3.63) is 24.8 Å². The normalized spacial score (nSPS) is 10.3. The molecule has 0 unspecified atom stereocenters. The topological polar surface area (TPSA) is 74.1 Å². The first kappa shape index (κ1) is 12.3. The van der Waals surface area contributed by atoms with Gasteiger partial charge in [0, 0.05) is 19.4 Å². The van der Waals surface area contributed by atoms with Crippen LogP contribution in [0.4, 0.5) is 11.5 Å². The Bertz CT molecular complexity index is 500. The fourth-order valence-electron chi connectivity index (χ4n) is 1.40. The van der Waals surface area contributed by atoms with E-state index >= 15 is 0 Å². The van der Waals surface area contributed by atoms with Gasteiger partial charge < -0.3 is 14.8 Å². The molecule has 7 nitrogen and oxygen atoms in total. The number of methoxy groups -OCH3 is 2. The summed E-state index contributed by atoms with van der Waals surface area (Å²) in [5, 5.41) is 7.31. The maximum atomic E-state index is 5.02. The van der Waals surface area contributed by atoms with E-state index in [2.05, 4.69) is 20.4 Å². The van der Waals surface area contributed by atoms with Crippen LogP contribution in [-0.2, 0) is 11.3 Å². The number of hydrogen-bond donors (Lipinski definition) is 1. The lowest BCUT2D eigenvalue weighted by Gasteiger charge is -2.03. The molecule has 0 aliphatic rings. The minimum atomic E-state index is 0.513. The number of rotatable bonds is 6. The molecule has 0 atom stereocenters. The Morgan fingerprint density at radius 2 is 2.22 bits per heavy atom. The second-order valence-corrected chi connectivity index (χ2v) is 3.56. The quantitative estimate of drug-likeness (QED) is 0.825. The van der Waals surface area contributed by atoms with Gasteiger partial charge in [0.15, 0.2) is 0 Å². The highest BCUT2D eigenvalue weighted by molar-refractivity contribution is 5.54. The third-order valence-corrected chi connectivity index (χ3v) is 2.28. The third kappa shape index (κ3) is 3.17. The summed E-state index contributed by atoms with van der Waals surface area (Å²) in [7, 11) is 3.23. The van der Waals surface area contributed by atoms with E-state index in [9.17, 15) is 0 Å². The molecule has 0 bridgehead atoms. The molecule has 0 saturated heterocycles. The van der Waals surface area contributed by atoms with Gasteiger partial charge in [-0.05, 0) is 0 Å². The maximum Gasteiger partial charge on any atom is 0.218 e. The van der Waals surface area contributed by atoms with Gasteiger partial charge >= 0.3 is 0 Å². The van der Waals surface area contributed by atoms with Crippen molar-refractivity contribution in [1.29, 1.82) is 0 Å². The lowest BCUT2D eigenvalue weighted by molar-refractivity contribution is 0.183. The molecule has 0 fully saturated rings. The molecule has 0 saturated carbocycles. The average Bonchev–Trinajstić information content (AvgIpc) is 2.84. The van der Waals surface area contributed by atoms with E-state index in [1.54, 1.807) is 31.2 Å². The van der Waals surface area contributed by atoms with Crippen molar-refractivity contribution < 1.29 is 9.47 Å². The summed E-state index contributed by atoms with van der Waals surface area (Å²) in [5.74, 6) is 1.17. The van der Waals surface area contributed by atoms with Crippen LogP contribution in [-0.4, -0.2) is 40.6 Å². The Hall–Kier alpha value is -2.15. The summed E-state index contributed by atoms with van der Waals surface area (Å²) in [5.41, 5.74) is 0.854. The molecule has 2 aromatic heterocycles. The molecular weight excluding hydrogens is 234 g/mol. The number of anilines is 2. The molecule has 1 N–H and O–H groups in total. The minimum Gasteiger partial charge on any atom is -0.481 e. The molecular formula is C11H15N5O2. The van der Waals surface area contributed by atoms with Crippen molar-refractivity contribution >= 4 is 11.5 Å². The molecule has 18 heavy (non-hydrogen) atoms. The van der Waals surface area contributed by atoms with Crippen LogP contribution in [0.5, 0.6) is 5.88 Å². The molecule has 2 heterocycles. The van der Waals surface area contributed by atoms with Gasteiger partial charge in [0.1, 0.15) is 12.1 Å². The van der Waals surface area contributed by atoms with E-state index in [0.717, 1.165) is 5.69 Å². The van der Waals surface area contributed by atoms with Crippen LogP contribution >= 0.6 is 0 Å². The average molecular weight is 249 g/mol. The highest BCUT2D eigenvalue weighted by Crippen LogP contribution is 2.16. The number of nitrogens with zero attached hydrogens (tertiary/aromatic N) is 4. The van der Waals surface area contributed by atoms with E-state index in [0.29, 0.717) is 24.8 Å². The largest absolute Gasteiger partial charge is 0.481 e. The predicted octanol–water partition coefficient (Wildman–Crippen LogP) is 1.07. The second kappa shape index (κ2) is 5.97. The lowest BCUT2D eigenvalue weighted by atomic mass is 10.5. The van der Waals surface area contributed by atoms with Crippen LogP contribution in [0.1, 0.15) is 0 Å². The number of aromatic nitrogens is 4. The fourth-order valence-corrected chi connectivity index (χ4v) is 1.40. The summed E-state index contributed by atoms with van der Waals surface area (Å²) < 4.78 is 11.8. The van der Waals surface area contributed by atoms with Crippen molar-refractivity contribution in [3.8, 4) is 5.88 Å². The first-order valence-corrected chi connectivity index (χ1v) is 5.46. The second-order valence-electron chi connectivity index (χ2n) is 3.56. The van der Waals surface area contributed by atoms with Gasteiger partial charge in [-0.2, -0.15) is 5.10 Å². The fraction of sp³-hybridized carbons (Fsp3) is 0.364. The zero-order valence-corrected chi connectivity index (χ0v) is 10.3. The highest BCUT2D eigenvalue weighted by Gasteiger charge is 2.02. The molecule has 0 aromatic carbocycles. The summed E-state index contributed by atoms with van der Waals surface area (Å²) >= 11 is 0. The maximum absolute atomic E-state index is 5.02. The Morgan fingerprint density at radius 1 is 1.33 bits per heavy atom. The molecule has 2 aromatic rings. The summed E-state index contributed by atoms with van der Waals surface area (Å²) in [4.78, 5) is 8.02. The number of nitrogens with one attached hydrogen (secondary N) is 1. The van der Waals surface area contributed by atoms with Gasteiger partial charge in [0.25, 0.3) is 0 Å². The standard InChI is InChI=1S/C11H15N5O2/c1-17-4-3-16-7-9(6-14-16)15-10-5-11(18-2)13-8-12-10/h5-8H,3-4H2,1-2H3,(H,12,13,15). The van der Waals surface area contributed by atoms with E-state index in [1.807, 2.05) is 6.20 Å². The van der Waals surface area contributed by atoms with Crippen LogP contribution in [0.25, 0.3) is 0 Å². The monoisotopic (exact) mass is 249 g/mol. The van der Waals surface area contributed by atoms with Gasteiger partial charge in [-0.15, -0.1) is 0 Å². The van der Waals surface area contributed by atoms with E-state index < -0.39 is 0 Å². The summed E-state index contributed by atoms with van der Waals surface area (Å²) in [6.07, 6.45) is 5.05. The number of ether oxygens (including phenoxy) is 2. The first-order valence-electron chi connectivity index (χ1n) is 5.46. The van der Waals surface area contributed by atoms with Gasteiger partial charge in [-0.25, -0.2) is 9.97 Å². The van der Waals surface area contributed by atoms with Gasteiger partial charge in [0.2, 0.25) is 5.88 Å². The molecule has 0 aliphatic heterocycles. The zero-order valence-electron chi connectivity index (χ0n) is 10.3. The Balaban J connectivity index is 2.01. The van der Waals surface area contributed by atoms with Crippen molar-refractivity contribution in [2.75, 3.05) is 26.1 Å². The molecule has 0 amide bonds. The smallest absolute Gasteiger partial charge is 0.218 e. The van der Waals surface area contributed by atoms with Crippen LogP contribution in [0.3, 0.4) is 0 Å². The van der Waals surface area contributed by atoms with Crippen LogP contribution in [0, 0.1) is 0 Å². The Labute approximate surface area is 105 Å². The zero-order chi connectivity index (χ0) is 12.8. The Kier molecular flexibility index (Phi) is 4.08. The van der Waals surface area contributed by atoms with Gasteiger partial charge in [-0.3, -0.25) is 4.68 Å². The summed E-state index contributed by atoms with van der Waals surface area (Å²) in [6, 6.07) is 1.71. The molecule has 0 spiro atoms.